The maximum absolute atomic E-state index is 12.0. The Hall–Kier alpha value is -2.74. The van der Waals surface area contributed by atoms with Crippen LogP contribution < -0.4 is 10.2 Å². The molecule has 1 atom stereocenters. The van der Waals surface area contributed by atoms with Gasteiger partial charge in [-0.25, -0.2) is 5.43 Å². The Morgan fingerprint density at radius 3 is 2.79 bits per heavy atom. The maximum Gasteiger partial charge on any atom is 0.280 e. The number of hydrogen-bond acceptors (Lipinski definition) is 5. The number of carbonyl (C=O) groups is 1. The number of rotatable bonds is 6. The number of nitrogens with zero attached hydrogens (tertiary/aromatic N) is 2. The van der Waals surface area contributed by atoms with Gasteiger partial charge in [-0.3, -0.25) is 14.9 Å². The molecule has 7 nitrogen and oxygen atoms in total. The Balaban J connectivity index is 1.93. The lowest BCUT2D eigenvalue weighted by molar-refractivity contribution is -0.384. The third-order valence-electron chi connectivity index (χ3n) is 2.98. The van der Waals surface area contributed by atoms with Gasteiger partial charge in [-0.2, -0.15) is 5.10 Å². The summed E-state index contributed by atoms with van der Waals surface area (Å²) in [7, 11) is 0. The summed E-state index contributed by atoms with van der Waals surface area (Å²) < 4.78 is 6.28. The Morgan fingerprint density at radius 1 is 1.33 bits per heavy atom. The molecule has 0 heterocycles. The van der Waals surface area contributed by atoms with Crippen molar-refractivity contribution in [2.24, 2.45) is 5.10 Å². The minimum absolute atomic E-state index is 0.0455. The van der Waals surface area contributed by atoms with Crippen LogP contribution in [0.15, 0.2) is 58.1 Å². The molecule has 2 aromatic rings. The Labute approximate surface area is 146 Å². The van der Waals surface area contributed by atoms with E-state index in [0.717, 1.165) is 4.47 Å². The van der Waals surface area contributed by atoms with Crippen LogP contribution in [0.25, 0.3) is 0 Å². The average Bonchev–Trinajstić information content (AvgIpc) is 2.57. The number of hydrogen-bond donors (Lipinski definition) is 1. The molecular weight excluding hydrogens is 378 g/mol. The summed E-state index contributed by atoms with van der Waals surface area (Å²) in [6.45, 7) is 1.59. The van der Waals surface area contributed by atoms with Crippen molar-refractivity contribution in [1.29, 1.82) is 0 Å². The topological polar surface area (TPSA) is 93.8 Å². The molecule has 2 rings (SSSR count). The molecule has 1 unspecified atom stereocenters. The highest BCUT2D eigenvalue weighted by Gasteiger charge is 2.15. The highest BCUT2D eigenvalue weighted by Crippen LogP contribution is 2.24. The molecule has 0 radical (unpaired) electrons. The smallest absolute Gasteiger partial charge is 0.280 e. The number of amides is 1. The molecular formula is C16H14BrN3O4. The number of hydrazone groups is 1. The van der Waals surface area contributed by atoms with Crippen LogP contribution in [-0.4, -0.2) is 23.1 Å². The van der Waals surface area contributed by atoms with Crippen LogP contribution in [0, 0.1) is 10.1 Å². The summed E-state index contributed by atoms with van der Waals surface area (Å²) in [5, 5.41) is 14.5. The fourth-order valence-corrected chi connectivity index (χ4v) is 2.14. The van der Waals surface area contributed by atoms with E-state index in [4.69, 9.17) is 4.74 Å². The lowest BCUT2D eigenvalue weighted by atomic mass is 10.2. The molecule has 0 aliphatic heterocycles. The number of ether oxygens (including phenoxy) is 1. The zero-order chi connectivity index (χ0) is 17.5. The van der Waals surface area contributed by atoms with Crippen molar-refractivity contribution in [3.05, 3.63) is 68.7 Å². The summed E-state index contributed by atoms with van der Waals surface area (Å²) in [4.78, 5) is 22.2. The zero-order valence-electron chi connectivity index (χ0n) is 12.7. The lowest BCUT2D eigenvalue weighted by Gasteiger charge is -2.13. The first-order valence-electron chi connectivity index (χ1n) is 6.96. The second-order valence-electron chi connectivity index (χ2n) is 4.78. The van der Waals surface area contributed by atoms with E-state index in [0.29, 0.717) is 11.3 Å². The van der Waals surface area contributed by atoms with E-state index in [-0.39, 0.29) is 5.69 Å². The molecule has 0 aromatic heterocycles. The van der Waals surface area contributed by atoms with Gasteiger partial charge in [0, 0.05) is 17.7 Å². The Morgan fingerprint density at radius 2 is 2.08 bits per heavy atom. The molecule has 0 saturated heterocycles. The van der Waals surface area contributed by atoms with Gasteiger partial charge in [-0.15, -0.1) is 0 Å². The van der Waals surface area contributed by atoms with Crippen LogP contribution in [0.1, 0.15) is 12.5 Å². The van der Waals surface area contributed by atoms with Gasteiger partial charge < -0.3 is 4.74 Å². The second kappa shape index (κ2) is 8.21. The van der Waals surface area contributed by atoms with E-state index in [1.165, 1.54) is 18.3 Å². The highest BCUT2D eigenvalue weighted by atomic mass is 79.9. The van der Waals surface area contributed by atoms with Crippen molar-refractivity contribution in [2.45, 2.75) is 13.0 Å². The molecule has 124 valence electrons. The van der Waals surface area contributed by atoms with Crippen LogP contribution in [0.4, 0.5) is 5.69 Å². The molecule has 0 saturated carbocycles. The van der Waals surface area contributed by atoms with Crippen molar-refractivity contribution in [3.63, 3.8) is 0 Å². The second-order valence-corrected chi connectivity index (χ2v) is 5.63. The normalized spacial score (nSPS) is 11.9. The molecule has 0 aliphatic rings. The van der Waals surface area contributed by atoms with Gasteiger partial charge in [0.25, 0.3) is 11.6 Å². The average molecular weight is 392 g/mol. The van der Waals surface area contributed by atoms with Gasteiger partial charge in [-0.1, -0.05) is 24.3 Å². The van der Waals surface area contributed by atoms with Crippen molar-refractivity contribution < 1.29 is 14.5 Å². The van der Waals surface area contributed by atoms with E-state index in [2.05, 4.69) is 26.5 Å². The number of nitro groups is 1. The summed E-state index contributed by atoms with van der Waals surface area (Å²) in [6.07, 6.45) is 0.571. The first kappa shape index (κ1) is 17.6. The summed E-state index contributed by atoms with van der Waals surface area (Å²) in [5.41, 5.74) is 2.80. The largest absolute Gasteiger partial charge is 0.480 e. The summed E-state index contributed by atoms with van der Waals surface area (Å²) in [6, 6.07) is 13.1. The lowest BCUT2D eigenvalue weighted by Crippen LogP contribution is -2.33. The van der Waals surface area contributed by atoms with E-state index in [1.54, 1.807) is 37.3 Å². The predicted molar refractivity (Wildman–Crippen MR) is 93.1 cm³/mol. The number of nitro benzene ring substituents is 1. The van der Waals surface area contributed by atoms with E-state index < -0.39 is 16.9 Å². The van der Waals surface area contributed by atoms with Crippen molar-refractivity contribution in [1.82, 2.24) is 5.43 Å². The van der Waals surface area contributed by atoms with Gasteiger partial charge >= 0.3 is 0 Å². The van der Waals surface area contributed by atoms with Gasteiger partial charge in [0.05, 0.1) is 15.6 Å². The minimum Gasteiger partial charge on any atom is -0.480 e. The fourth-order valence-electron chi connectivity index (χ4n) is 1.76. The van der Waals surface area contributed by atoms with Gasteiger partial charge in [0.2, 0.25) is 0 Å². The number of carbonyl (C=O) groups excluding carboxylic acids is 1. The molecule has 1 N–H and O–H groups in total. The molecule has 0 aliphatic carbocycles. The van der Waals surface area contributed by atoms with Crippen LogP contribution in [0.5, 0.6) is 5.75 Å². The van der Waals surface area contributed by atoms with Gasteiger partial charge in [0.1, 0.15) is 5.75 Å². The number of nitrogens with one attached hydrogen (secondary N) is 1. The van der Waals surface area contributed by atoms with E-state index in [9.17, 15) is 14.9 Å². The van der Waals surface area contributed by atoms with Crippen molar-refractivity contribution in [2.75, 3.05) is 0 Å². The highest BCUT2D eigenvalue weighted by molar-refractivity contribution is 9.10. The molecule has 2 aromatic carbocycles. The van der Waals surface area contributed by atoms with E-state index in [1.807, 2.05) is 6.07 Å². The third kappa shape index (κ3) is 4.88. The van der Waals surface area contributed by atoms with Crippen LogP contribution in [0.2, 0.25) is 0 Å². The maximum atomic E-state index is 12.0. The number of non-ortho nitro benzene ring substituents is 1. The predicted octanol–water partition coefficient (Wildman–Crippen LogP) is 3.27. The number of halogens is 1. The molecule has 0 spiro atoms. The van der Waals surface area contributed by atoms with Crippen LogP contribution in [-0.2, 0) is 4.79 Å². The molecule has 24 heavy (non-hydrogen) atoms. The van der Waals surface area contributed by atoms with Gasteiger partial charge in [-0.05, 0) is 35.0 Å². The monoisotopic (exact) mass is 391 g/mol. The number of para-hydroxylation sites is 1. The minimum atomic E-state index is -0.758. The summed E-state index contributed by atoms with van der Waals surface area (Å²) in [5.74, 6) is 0.107. The van der Waals surface area contributed by atoms with Crippen LogP contribution in [0.3, 0.4) is 0 Å². The van der Waals surface area contributed by atoms with Gasteiger partial charge in [0.15, 0.2) is 6.10 Å². The van der Waals surface area contributed by atoms with Crippen molar-refractivity contribution >= 4 is 33.7 Å². The first-order valence-corrected chi connectivity index (χ1v) is 7.75. The quantitative estimate of drug-likeness (QED) is 0.464. The third-order valence-corrected chi connectivity index (χ3v) is 3.63. The number of benzene rings is 2. The molecule has 0 bridgehead atoms. The zero-order valence-corrected chi connectivity index (χ0v) is 14.3. The fraction of sp³-hybridized carbons (Fsp3) is 0.125. The Kier molecular flexibility index (Phi) is 6.02. The molecule has 0 fully saturated rings. The van der Waals surface area contributed by atoms with Crippen LogP contribution >= 0.6 is 15.9 Å². The SMILES string of the molecule is CC(Oc1ccccc1Br)C(=O)NN=Cc1cccc([N+](=O)[O-])c1. The molecule has 1 amide bonds. The Bertz CT molecular complexity index is 779. The van der Waals surface area contributed by atoms with Crippen molar-refractivity contribution in [3.8, 4) is 5.75 Å². The van der Waals surface area contributed by atoms with E-state index >= 15 is 0 Å². The standard InChI is InChI=1S/C16H14BrN3O4/c1-11(24-15-8-3-2-7-14(15)17)16(21)19-18-10-12-5-4-6-13(9-12)20(22)23/h2-11H,1H3,(H,19,21). The first-order chi connectivity index (χ1) is 11.5. The summed E-state index contributed by atoms with van der Waals surface area (Å²) >= 11 is 3.33. The molecule has 8 heteroatoms.